The quantitative estimate of drug-likeness (QED) is 0.749. The molecular formula is C18H25ClN2OS. The van der Waals surface area contributed by atoms with E-state index in [1.807, 2.05) is 28.5 Å². The van der Waals surface area contributed by atoms with E-state index in [0.717, 1.165) is 24.5 Å². The minimum absolute atomic E-state index is 0. The van der Waals surface area contributed by atoms with Crippen LogP contribution in [0.2, 0.25) is 0 Å². The molecule has 5 heteroatoms. The molecule has 0 saturated heterocycles. The van der Waals surface area contributed by atoms with Crippen LogP contribution in [-0.4, -0.2) is 37.0 Å². The second kappa shape index (κ2) is 9.71. The lowest BCUT2D eigenvalue weighted by Crippen LogP contribution is -2.42. The van der Waals surface area contributed by atoms with Crippen LogP contribution < -0.4 is 4.90 Å². The maximum Gasteiger partial charge on any atom is 0.224 e. The zero-order valence-electron chi connectivity index (χ0n) is 13.9. The van der Waals surface area contributed by atoms with Crippen molar-refractivity contribution in [1.82, 2.24) is 4.90 Å². The van der Waals surface area contributed by atoms with E-state index >= 15 is 0 Å². The van der Waals surface area contributed by atoms with Gasteiger partial charge in [0.2, 0.25) is 5.91 Å². The zero-order chi connectivity index (χ0) is 15.9. The van der Waals surface area contributed by atoms with Crippen molar-refractivity contribution in [2.45, 2.75) is 26.3 Å². The van der Waals surface area contributed by atoms with Crippen LogP contribution in [0.25, 0.3) is 0 Å². The molecule has 0 aliphatic heterocycles. The van der Waals surface area contributed by atoms with Crippen molar-refractivity contribution in [3.8, 4) is 0 Å². The van der Waals surface area contributed by atoms with Gasteiger partial charge in [-0.25, -0.2) is 0 Å². The lowest BCUT2D eigenvalue weighted by atomic mass is 10.1. The maximum absolute atomic E-state index is 11.9. The fraction of sp³-hybridized carbons (Fsp3) is 0.389. The Labute approximate surface area is 149 Å². The second-order valence-electron chi connectivity index (χ2n) is 5.65. The predicted molar refractivity (Wildman–Crippen MR) is 102 cm³/mol. The van der Waals surface area contributed by atoms with E-state index in [-0.39, 0.29) is 18.3 Å². The van der Waals surface area contributed by atoms with Gasteiger partial charge in [0, 0.05) is 26.1 Å². The van der Waals surface area contributed by atoms with E-state index in [1.54, 1.807) is 18.3 Å². The van der Waals surface area contributed by atoms with Gasteiger partial charge < -0.3 is 9.80 Å². The van der Waals surface area contributed by atoms with E-state index in [9.17, 15) is 4.79 Å². The molecule has 1 aromatic carbocycles. The third-order valence-electron chi connectivity index (χ3n) is 3.95. The summed E-state index contributed by atoms with van der Waals surface area (Å²) < 4.78 is 0. The molecule has 1 unspecified atom stereocenters. The number of carbonyl (C=O) groups is 1. The summed E-state index contributed by atoms with van der Waals surface area (Å²) in [5.41, 5.74) is 1.35. The molecule has 126 valence electrons. The van der Waals surface area contributed by atoms with Gasteiger partial charge in [0.05, 0.1) is 5.00 Å². The third kappa shape index (κ3) is 5.98. The normalized spacial score (nSPS) is 11.8. The summed E-state index contributed by atoms with van der Waals surface area (Å²) in [6, 6.07) is 14.8. The number of thiophene rings is 1. The Balaban J connectivity index is 0.00000264. The van der Waals surface area contributed by atoms with E-state index in [2.05, 4.69) is 43.1 Å². The van der Waals surface area contributed by atoms with Crippen LogP contribution in [0, 0.1) is 0 Å². The highest BCUT2D eigenvalue weighted by molar-refractivity contribution is 7.14. The van der Waals surface area contributed by atoms with E-state index in [0.29, 0.717) is 6.04 Å². The molecule has 1 atom stereocenters. The molecule has 0 saturated carbocycles. The first kappa shape index (κ1) is 19.7. The predicted octanol–water partition coefficient (Wildman–Crippen LogP) is 4.09. The smallest absolute Gasteiger partial charge is 0.224 e. The summed E-state index contributed by atoms with van der Waals surface area (Å²) in [4.78, 5) is 16.1. The van der Waals surface area contributed by atoms with Crippen molar-refractivity contribution in [1.29, 1.82) is 0 Å². The molecule has 0 radical (unpaired) electrons. The van der Waals surface area contributed by atoms with Crippen LogP contribution in [0.3, 0.4) is 0 Å². The van der Waals surface area contributed by atoms with E-state index in [4.69, 9.17) is 0 Å². The van der Waals surface area contributed by atoms with Crippen LogP contribution >= 0.6 is 23.7 Å². The monoisotopic (exact) mass is 352 g/mol. The van der Waals surface area contributed by atoms with E-state index in [1.165, 1.54) is 5.56 Å². The minimum Gasteiger partial charge on any atom is -0.302 e. The Morgan fingerprint density at radius 3 is 2.43 bits per heavy atom. The molecule has 0 N–H and O–H groups in total. The average Bonchev–Trinajstić information content (AvgIpc) is 3.04. The van der Waals surface area contributed by atoms with Gasteiger partial charge in [-0.3, -0.25) is 4.79 Å². The van der Waals surface area contributed by atoms with Crippen molar-refractivity contribution < 1.29 is 4.79 Å². The number of benzene rings is 1. The molecule has 0 aliphatic carbocycles. The van der Waals surface area contributed by atoms with Crippen LogP contribution in [0.1, 0.15) is 19.4 Å². The van der Waals surface area contributed by atoms with Gasteiger partial charge in [-0.2, -0.15) is 0 Å². The summed E-state index contributed by atoms with van der Waals surface area (Å²) in [5, 5.41) is 3.03. The number of hydrogen-bond donors (Lipinski definition) is 0. The Kier molecular flexibility index (Phi) is 8.31. The Morgan fingerprint density at radius 2 is 1.87 bits per heavy atom. The zero-order valence-corrected chi connectivity index (χ0v) is 15.6. The maximum atomic E-state index is 11.9. The molecule has 0 aliphatic rings. The summed E-state index contributed by atoms with van der Waals surface area (Å²) in [6.07, 6.45) is 1.03. The number of amides is 1. The Bertz CT molecular complexity index is 574. The van der Waals surface area contributed by atoms with Crippen molar-refractivity contribution in [3.63, 3.8) is 0 Å². The van der Waals surface area contributed by atoms with Crippen molar-refractivity contribution in [2.24, 2.45) is 0 Å². The molecule has 1 heterocycles. The molecule has 1 aromatic heterocycles. The number of nitrogens with zero attached hydrogens (tertiary/aromatic N) is 2. The fourth-order valence-electron chi connectivity index (χ4n) is 2.37. The molecule has 3 nitrogen and oxygen atoms in total. The summed E-state index contributed by atoms with van der Waals surface area (Å²) >= 11 is 1.61. The van der Waals surface area contributed by atoms with Crippen LogP contribution in [-0.2, 0) is 11.2 Å². The standard InChI is InChI=1S/C18H24N2OS.ClH/c1-15(14-20(16(2)21)18-10-7-13-22-18)19(3)12-11-17-8-5-4-6-9-17;/h4-10,13,15H,11-12,14H2,1-3H3;1H. The summed E-state index contributed by atoms with van der Waals surface area (Å²) in [7, 11) is 2.13. The largest absolute Gasteiger partial charge is 0.302 e. The highest BCUT2D eigenvalue weighted by atomic mass is 35.5. The minimum atomic E-state index is 0. The number of likely N-dealkylation sites (N-methyl/N-ethyl adjacent to an activating group) is 1. The molecule has 0 bridgehead atoms. The fourth-order valence-corrected chi connectivity index (χ4v) is 3.16. The highest BCUT2D eigenvalue weighted by Gasteiger charge is 2.18. The van der Waals surface area contributed by atoms with Gasteiger partial charge in [-0.1, -0.05) is 30.3 Å². The molecule has 0 spiro atoms. The van der Waals surface area contributed by atoms with E-state index < -0.39 is 0 Å². The van der Waals surface area contributed by atoms with Crippen LogP contribution in [0.4, 0.5) is 5.00 Å². The number of anilines is 1. The van der Waals surface area contributed by atoms with Gasteiger partial charge in [0.25, 0.3) is 0 Å². The van der Waals surface area contributed by atoms with Gasteiger partial charge in [-0.05, 0) is 43.5 Å². The average molecular weight is 353 g/mol. The van der Waals surface area contributed by atoms with Gasteiger partial charge in [0.1, 0.15) is 0 Å². The summed E-state index contributed by atoms with van der Waals surface area (Å²) in [5.74, 6) is 0.103. The second-order valence-corrected chi connectivity index (χ2v) is 6.57. The first-order chi connectivity index (χ1) is 10.6. The molecular weight excluding hydrogens is 328 g/mol. The number of rotatable bonds is 7. The number of carbonyl (C=O) groups excluding carboxylic acids is 1. The lowest BCUT2D eigenvalue weighted by Gasteiger charge is -2.30. The topological polar surface area (TPSA) is 23.6 Å². The van der Waals surface area contributed by atoms with Gasteiger partial charge in [-0.15, -0.1) is 23.7 Å². The van der Waals surface area contributed by atoms with Crippen LogP contribution in [0.5, 0.6) is 0 Å². The van der Waals surface area contributed by atoms with Gasteiger partial charge >= 0.3 is 0 Å². The molecule has 2 rings (SSSR count). The molecule has 2 aromatic rings. The Morgan fingerprint density at radius 1 is 1.17 bits per heavy atom. The first-order valence-electron chi connectivity index (χ1n) is 7.63. The summed E-state index contributed by atoms with van der Waals surface area (Å²) in [6.45, 7) is 5.52. The van der Waals surface area contributed by atoms with Crippen LogP contribution in [0.15, 0.2) is 47.8 Å². The van der Waals surface area contributed by atoms with Crippen molar-refractivity contribution >= 4 is 34.7 Å². The highest BCUT2D eigenvalue weighted by Crippen LogP contribution is 2.22. The van der Waals surface area contributed by atoms with Gasteiger partial charge in [0.15, 0.2) is 0 Å². The van der Waals surface area contributed by atoms with Crippen molar-refractivity contribution in [2.75, 3.05) is 25.0 Å². The molecule has 0 fully saturated rings. The molecule has 1 amide bonds. The van der Waals surface area contributed by atoms with Crippen molar-refractivity contribution in [3.05, 3.63) is 53.4 Å². The third-order valence-corrected chi connectivity index (χ3v) is 4.84. The number of halogens is 1. The SMILES string of the molecule is CC(=O)N(CC(C)N(C)CCc1ccccc1)c1cccs1.Cl. The Hall–Kier alpha value is -1.36. The number of hydrogen-bond acceptors (Lipinski definition) is 3. The molecule has 23 heavy (non-hydrogen) atoms. The first-order valence-corrected chi connectivity index (χ1v) is 8.51. The lowest BCUT2D eigenvalue weighted by molar-refractivity contribution is -0.116.